The molecule has 1 atom stereocenters. The Kier molecular flexibility index (Phi) is 5.15. The van der Waals surface area contributed by atoms with Crippen molar-refractivity contribution >= 4 is 15.9 Å². The highest BCUT2D eigenvalue weighted by molar-refractivity contribution is 7.89. The van der Waals surface area contributed by atoms with Gasteiger partial charge < -0.3 is 14.8 Å². The van der Waals surface area contributed by atoms with Crippen LogP contribution in [0, 0.1) is 6.92 Å². The highest BCUT2D eigenvalue weighted by atomic mass is 32.2. The van der Waals surface area contributed by atoms with E-state index in [1.165, 1.54) is 13.0 Å². The summed E-state index contributed by atoms with van der Waals surface area (Å²) in [5.41, 5.74) is 1.66. The Balaban J connectivity index is 1.59. The van der Waals surface area contributed by atoms with Crippen molar-refractivity contribution in [3.63, 3.8) is 0 Å². The second kappa shape index (κ2) is 7.35. The second-order valence-electron chi connectivity index (χ2n) is 6.06. The van der Waals surface area contributed by atoms with E-state index in [9.17, 15) is 13.2 Å². The zero-order valence-electron chi connectivity index (χ0n) is 14.5. The number of sulfonamides is 1. The molecule has 0 saturated carbocycles. The lowest BCUT2D eigenvalue weighted by atomic mass is 10.2. The number of rotatable bonds is 6. The minimum absolute atomic E-state index is 0.132. The molecule has 0 spiro atoms. The molecule has 2 aromatic carbocycles. The first-order valence-corrected chi connectivity index (χ1v) is 9.59. The minimum atomic E-state index is -3.77. The Labute approximate surface area is 152 Å². The normalized spacial score (nSPS) is 14.1. The molecule has 0 saturated heterocycles. The molecule has 1 aliphatic rings. The van der Waals surface area contributed by atoms with E-state index in [1.807, 2.05) is 6.07 Å². The van der Waals surface area contributed by atoms with Gasteiger partial charge in [-0.15, -0.1) is 0 Å². The molecule has 1 amide bonds. The lowest BCUT2D eigenvalue weighted by Crippen LogP contribution is -2.44. The highest BCUT2D eigenvalue weighted by Gasteiger charge is 2.22. The van der Waals surface area contributed by atoms with E-state index in [1.54, 1.807) is 37.3 Å². The molecule has 2 aromatic rings. The molecule has 0 radical (unpaired) electrons. The van der Waals surface area contributed by atoms with Gasteiger partial charge in [-0.1, -0.05) is 18.2 Å². The molecule has 138 valence electrons. The molecule has 0 aliphatic carbocycles. The van der Waals surface area contributed by atoms with Crippen LogP contribution in [0.1, 0.15) is 18.1 Å². The first-order valence-electron chi connectivity index (χ1n) is 8.10. The van der Waals surface area contributed by atoms with Crippen molar-refractivity contribution in [1.82, 2.24) is 10.0 Å². The molecule has 0 aromatic heterocycles. The van der Waals surface area contributed by atoms with Crippen molar-refractivity contribution in [2.45, 2.75) is 31.3 Å². The molecule has 0 unspecified atom stereocenters. The summed E-state index contributed by atoms with van der Waals surface area (Å²) in [6, 6.07) is 11.0. The van der Waals surface area contributed by atoms with Crippen LogP contribution in [0.3, 0.4) is 0 Å². The van der Waals surface area contributed by atoms with Gasteiger partial charge in [0.1, 0.15) is 0 Å². The van der Waals surface area contributed by atoms with E-state index in [0.29, 0.717) is 11.5 Å². The second-order valence-corrected chi connectivity index (χ2v) is 7.78. The van der Waals surface area contributed by atoms with Crippen LogP contribution in [-0.4, -0.2) is 27.2 Å². The van der Waals surface area contributed by atoms with Crippen LogP contribution in [0.15, 0.2) is 47.4 Å². The van der Waals surface area contributed by atoms with Gasteiger partial charge in [-0.3, -0.25) is 4.79 Å². The third kappa shape index (κ3) is 4.14. The van der Waals surface area contributed by atoms with Gasteiger partial charge in [-0.2, -0.15) is 4.72 Å². The number of carbonyl (C=O) groups is 1. The number of benzene rings is 2. The summed E-state index contributed by atoms with van der Waals surface area (Å²) in [5.74, 6) is 0.878. The fraction of sp³-hybridized carbons (Fsp3) is 0.278. The number of carbonyl (C=O) groups excluding carboxylic acids is 1. The fourth-order valence-electron chi connectivity index (χ4n) is 2.53. The van der Waals surface area contributed by atoms with Gasteiger partial charge in [0, 0.05) is 6.54 Å². The van der Waals surface area contributed by atoms with Crippen LogP contribution in [0.4, 0.5) is 0 Å². The van der Waals surface area contributed by atoms with E-state index >= 15 is 0 Å². The van der Waals surface area contributed by atoms with Gasteiger partial charge in [0.25, 0.3) is 0 Å². The number of hydrogen-bond acceptors (Lipinski definition) is 5. The summed E-state index contributed by atoms with van der Waals surface area (Å²) in [7, 11) is -3.77. The van der Waals surface area contributed by atoms with E-state index in [2.05, 4.69) is 10.0 Å². The first kappa shape index (κ1) is 18.2. The predicted molar refractivity (Wildman–Crippen MR) is 95.4 cm³/mol. The number of aryl methyl sites for hydroxylation is 1. The lowest BCUT2D eigenvalue weighted by Gasteiger charge is -2.15. The van der Waals surface area contributed by atoms with Gasteiger partial charge in [-0.05, 0) is 49.2 Å². The number of fused-ring (bicyclic) bond motifs is 1. The van der Waals surface area contributed by atoms with Gasteiger partial charge in [-0.25, -0.2) is 8.42 Å². The molecule has 1 heterocycles. The summed E-state index contributed by atoms with van der Waals surface area (Å²) < 4.78 is 37.7. The van der Waals surface area contributed by atoms with Crippen LogP contribution < -0.4 is 19.5 Å². The summed E-state index contributed by atoms with van der Waals surface area (Å²) in [4.78, 5) is 12.4. The van der Waals surface area contributed by atoms with Crippen LogP contribution in [0.5, 0.6) is 11.5 Å². The maximum atomic E-state index is 12.4. The Morgan fingerprint density at radius 2 is 1.92 bits per heavy atom. The van der Waals surface area contributed by atoms with Crippen molar-refractivity contribution < 1.29 is 22.7 Å². The van der Waals surface area contributed by atoms with Crippen LogP contribution in [0.25, 0.3) is 0 Å². The zero-order valence-corrected chi connectivity index (χ0v) is 15.3. The van der Waals surface area contributed by atoms with E-state index in [-0.39, 0.29) is 18.2 Å². The number of amides is 1. The maximum Gasteiger partial charge on any atom is 0.241 e. The Morgan fingerprint density at radius 3 is 2.69 bits per heavy atom. The molecule has 1 aliphatic heterocycles. The minimum Gasteiger partial charge on any atom is -0.454 e. The largest absolute Gasteiger partial charge is 0.454 e. The maximum absolute atomic E-state index is 12.4. The number of ether oxygens (including phenoxy) is 2. The van der Waals surface area contributed by atoms with Gasteiger partial charge in [0.15, 0.2) is 11.5 Å². The van der Waals surface area contributed by atoms with E-state index in [0.717, 1.165) is 11.1 Å². The third-order valence-electron chi connectivity index (χ3n) is 3.93. The average Bonchev–Trinajstić information content (AvgIpc) is 3.07. The molecular formula is C18H20N2O5S. The smallest absolute Gasteiger partial charge is 0.241 e. The lowest BCUT2D eigenvalue weighted by molar-refractivity contribution is -0.122. The molecule has 0 fully saturated rings. The van der Waals surface area contributed by atoms with Crippen LogP contribution in [-0.2, 0) is 21.4 Å². The topological polar surface area (TPSA) is 93.7 Å². The third-order valence-corrected chi connectivity index (χ3v) is 5.47. The van der Waals surface area contributed by atoms with E-state index in [4.69, 9.17) is 9.47 Å². The van der Waals surface area contributed by atoms with Crippen LogP contribution >= 0.6 is 0 Å². The Bertz CT molecular complexity index is 927. The van der Waals surface area contributed by atoms with Crippen molar-refractivity contribution in [2.24, 2.45) is 0 Å². The zero-order chi connectivity index (χ0) is 18.7. The quantitative estimate of drug-likeness (QED) is 0.800. The predicted octanol–water partition coefficient (Wildman–Crippen LogP) is 1.71. The number of nitrogens with one attached hydrogen (secondary N) is 2. The molecule has 0 bridgehead atoms. The van der Waals surface area contributed by atoms with Gasteiger partial charge in [0.2, 0.25) is 22.7 Å². The fourth-order valence-corrected chi connectivity index (χ4v) is 3.84. The van der Waals surface area contributed by atoms with Gasteiger partial charge >= 0.3 is 0 Å². The summed E-state index contributed by atoms with van der Waals surface area (Å²) in [6.07, 6.45) is 0. The molecule has 26 heavy (non-hydrogen) atoms. The first-order chi connectivity index (χ1) is 12.3. The summed E-state index contributed by atoms with van der Waals surface area (Å²) in [6.45, 7) is 3.75. The van der Waals surface area contributed by atoms with Gasteiger partial charge in [0.05, 0.1) is 10.9 Å². The van der Waals surface area contributed by atoms with Crippen molar-refractivity contribution in [3.8, 4) is 11.5 Å². The molecule has 8 heteroatoms. The van der Waals surface area contributed by atoms with Crippen molar-refractivity contribution in [3.05, 3.63) is 53.6 Å². The van der Waals surface area contributed by atoms with E-state index < -0.39 is 22.0 Å². The SMILES string of the molecule is Cc1cccc(S(=O)(=O)N[C@@H](C)C(=O)NCc2ccc3c(c2)OCO3)c1. The van der Waals surface area contributed by atoms with Crippen molar-refractivity contribution in [1.29, 1.82) is 0 Å². The van der Waals surface area contributed by atoms with Crippen LogP contribution in [0.2, 0.25) is 0 Å². The number of hydrogen-bond donors (Lipinski definition) is 2. The molecule has 2 N–H and O–H groups in total. The molecule has 3 rings (SSSR count). The Hall–Kier alpha value is -2.58. The summed E-state index contributed by atoms with van der Waals surface area (Å²) in [5, 5.41) is 2.71. The standard InChI is InChI=1S/C18H20N2O5S/c1-12-4-3-5-15(8-12)26(22,23)20-13(2)18(21)19-10-14-6-7-16-17(9-14)25-11-24-16/h3-9,13,20H,10-11H2,1-2H3,(H,19,21)/t13-/m0/s1. The monoisotopic (exact) mass is 376 g/mol. The molecular weight excluding hydrogens is 356 g/mol. The van der Waals surface area contributed by atoms with Crippen molar-refractivity contribution in [2.75, 3.05) is 6.79 Å². The highest BCUT2D eigenvalue weighted by Crippen LogP contribution is 2.32. The Morgan fingerprint density at radius 1 is 1.15 bits per heavy atom. The average molecular weight is 376 g/mol. The summed E-state index contributed by atoms with van der Waals surface area (Å²) >= 11 is 0. The molecule has 7 nitrogen and oxygen atoms in total.